The molecule has 1 aliphatic heterocycles. The first-order chi connectivity index (χ1) is 8.23. The Morgan fingerprint density at radius 3 is 2.47 bits per heavy atom. The van der Waals surface area contributed by atoms with Crippen LogP contribution >= 0.6 is 0 Å². The van der Waals surface area contributed by atoms with Crippen LogP contribution in [0.15, 0.2) is 0 Å². The summed E-state index contributed by atoms with van der Waals surface area (Å²) >= 11 is 0. The number of hydrogen-bond donors (Lipinski definition) is 0. The quantitative estimate of drug-likeness (QED) is 0.549. The van der Waals surface area contributed by atoms with Gasteiger partial charge in [-0.2, -0.15) is 5.26 Å². The van der Waals surface area contributed by atoms with E-state index in [1.54, 1.807) is 0 Å². The predicted octanol–water partition coefficient (Wildman–Crippen LogP) is 3.34. The predicted molar refractivity (Wildman–Crippen MR) is 71.4 cm³/mol. The van der Waals surface area contributed by atoms with Crippen molar-refractivity contribution in [3.63, 3.8) is 0 Å². The van der Waals surface area contributed by atoms with Crippen LogP contribution in [0.5, 0.6) is 0 Å². The second-order valence-electron chi connectivity index (χ2n) is 4.99. The van der Waals surface area contributed by atoms with Crippen molar-refractivity contribution in [2.45, 2.75) is 64.3 Å². The lowest BCUT2D eigenvalue weighted by molar-refractivity contribution is 0.122. The van der Waals surface area contributed by atoms with Crippen LogP contribution in [0.25, 0.3) is 0 Å². The van der Waals surface area contributed by atoms with Crippen molar-refractivity contribution in [3.05, 3.63) is 0 Å². The molecular weight excluding hydrogens is 208 g/mol. The molecule has 1 saturated heterocycles. The van der Waals surface area contributed by atoms with Gasteiger partial charge in [-0.25, -0.2) is 0 Å². The van der Waals surface area contributed by atoms with Crippen LogP contribution in [0.3, 0.4) is 0 Å². The molecule has 1 fully saturated rings. The third-order valence-corrected chi connectivity index (χ3v) is 3.69. The molecule has 1 rings (SSSR count). The maximum atomic E-state index is 8.47. The molecule has 0 N–H and O–H groups in total. The van der Waals surface area contributed by atoms with Gasteiger partial charge in [0.05, 0.1) is 11.6 Å². The summed E-state index contributed by atoms with van der Waals surface area (Å²) in [6.45, 7) is 6.86. The van der Waals surface area contributed by atoms with Crippen molar-refractivity contribution in [3.8, 4) is 17.9 Å². The van der Waals surface area contributed by atoms with Crippen molar-refractivity contribution in [1.82, 2.24) is 4.90 Å². The fraction of sp³-hybridized carbons (Fsp3) is 0.800. The standard InChI is InChI=1S/C15H24N2/c1-3-15(2,11-7-4-5-8-12-16)17-13-9-6-10-14-17/h3-6,8-10,13-14H2,1-2H3. The molecule has 17 heavy (non-hydrogen) atoms. The van der Waals surface area contributed by atoms with Gasteiger partial charge in [-0.1, -0.05) is 19.3 Å². The monoisotopic (exact) mass is 232 g/mol. The van der Waals surface area contributed by atoms with E-state index in [0.717, 1.165) is 19.3 Å². The maximum Gasteiger partial charge on any atom is 0.0794 e. The van der Waals surface area contributed by atoms with Crippen LogP contribution < -0.4 is 0 Å². The normalized spacial score (nSPS) is 19.8. The third-order valence-electron chi connectivity index (χ3n) is 3.69. The lowest BCUT2D eigenvalue weighted by Crippen LogP contribution is -2.47. The second-order valence-corrected chi connectivity index (χ2v) is 4.99. The average molecular weight is 232 g/mol. The Balaban J connectivity index is 2.51. The zero-order chi connectivity index (χ0) is 12.6. The molecule has 94 valence electrons. The van der Waals surface area contributed by atoms with Crippen LogP contribution in [0, 0.1) is 23.2 Å². The van der Waals surface area contributed by atoms with Crippen molar-refractivity contribution in [1.29, 1.82) is 5.26 Å². The molecule has 0 spiro atoms. The van der Waals surface area contributed by atoms with Gasteiger partial charge in [-0.05, 0) is 45.7 Å². The first-order valence-electron chi connectivity index (χ1n) is 6.85. The first kappa shape index (κ1) is 14.1. The van der Waals surface area contributed by atoms with E-state index in [1.165, 1.54) is 32.4 Å². The minimum atomic E-state index is 0.0487. The molecule has 0 radical (unpaired) electrons. The Morgan fingerprint density at radius 2 is 1.88 bits per heavy atom. The van der Waals surface area contributed by atoms with Gasteiger partial charge < -0.3 is 0 Å². The van der Waals surface area contributed by atoms with Crippen LogP contribution in [0.1, 0.15) is 58.8 Å². The molecule has 1 atom stereocenters. The molecule has 1 aliphatic rings. The largest absolute Gasteiger partial charge is 0.288 e. The Bertz CT molecular complexity index is 312. The van der Waals surface area contributed by atoms with Gasteiger partial charge in [0, 0.05) is 12.8 Å². The SMILES string of the molecule is CCC(C)(C#CCCCC#N)N1CCCCC1. The summed E-state index contributed by atoms with van der Waals surface area (Å²) < 4.78 is 0. The lowest BCUT2D eigenvalue weighted by Gasteiger charge is -2.39. The van der Waals surface area contributed by atoms with E-state index in [-0.39, 0.29) is 5.54 Å². The fourth-order valence-electron chi connectivity index (χ4n) is 2.29. The van der Waals surface area contributed by atoms with E-state index in [2.05, 4.69) is 36.7 Å². The number of hydrogen-bond acceptors (Lipinski definition) is 2. The molecule has 0 amide bonds. The number of nitriles is 1. The van der Waals surface area contributed by atoms with Gasteiger partial charge in [-0.15, -0.1) is 5.92 Å². The van der Waals surface area contributed by atoms with Crippen molar-refractivity contribution in [2.24, 2.45) is 0 Å². The van der Waals surface area contributed by atoms with Gasteiger partial charge in [0.2, 0.25) is 0 Å². The highest BCUT2D eigenvalue weighted by atomic mass is 15.2. The maximum absolute atomic E-state index is 8.47. The van der Waals surface area contributed by atoms with E-state index in [9.17, 15) is 0 Å². The second kappa shape index (κ2) is 7.36. The van der Waals surface area contributed by atoms with E-state index < -0.39 is 0 Å². The highest BCUT2D eigenvalue weighted by Gasteiger charge is 2.28. The molecule has 0 saturated carbocycles. The fourth-order valence-corrected chi connectivity index (χ4v) is 2.29. The Morgan fingerprint density at radius 1 is 1.18 bits per heavy atom. The number of nitrogens with zero attached hydrogens (tertiary/aromatic N) is 2. The third kappa shape index (κ3) is 4.41. The lowest BCUT2D eigenvalue weighted by atomic mass is 9.94. The molecule has 2 nitrogen and oxygen atoms in total. The minimum absolute atomic E-state index is 0.0487. The number of rotatable bonds is 4. The topological polar surface area (TPSA) is 27.0 Å². The first-order valence-corrected chi connectivity index (χ1v) is 6.85. The van der Waals surface area contributed by atoms with Crippen LogP contribution in [-0.4, -0.2) is 23.5 Å². The number of piperidine rings is 1. The zero-order valence-electron chi connectivity index (χ0n) is 11.3. The van der Waals surface area contributed by atoms with Crippen molar-refractivity contribution in [2.75, 3.05) is 13.1 Å². The Kier molecular flexibility index (Phi) is 6.09. The Labute approximate surface area is 106 Å². The molecule has 0 aliphatic carbocycles. The van der Waals surface area contributed by atoms with Gasteiger partial charge >= 0.3 is 0 Å². The van der Waals surface area contributed by atoms with Gasteiger partial charge in [0.25, 0.3) is 0 Å². The summed E-state index contributed by atoms with van der Waals surface area (Å²) in [6.07, 6.45) is 7.46. The van der Waals surface area contributed by atoms with Gasteiger partial charge in [0.15, 0.2) is 0 Å². The molecular formula is C15H24N2. The summed E-state index contributed by atoms with van der Waals surface area (Å²) in [5.41, 5.74) is 0.0487. The summed E-state index contributed by atoms with van der Waals surface area (Å²) in [4.78, 5) is 2.54. The molecule has 1 unspecified atom stereocenters. The van der Waals surface area contributed by atoms with Gasteiger partial charge in [0.1, 0.15) is 0 Å². The highest BCUT2D eigenvalue weighted by molar-refractivity contribution is 5.16. The number of likely N-dealkylation sites (tertiary alicyclic amines) is 1. The van der Waals surface area contributed by atoms with Crippen LogP contribution in [0.4, 0.5) is 0 Å². The number of unbranched alkanes of at least 4 members (excludes halogenated alkanes) is 2. The summed E-state index contributed by atoms with van der Waals surface area (Å²) in [6, 6.07) is 2.16. The Hall–Kier alpha value is -0.990. The van der Waals surface area contributed by atoms with Crippen LogP contribution in [0.2, 0.25) is 0 Å². The van der Waals surface area contributed by atoms with E-state index in [1.807, 2.05) is 0 Å². The molecule has 0 aromatic rings. The smallest absolute Gasteiger partial charge is 0.0794 e. The van der Waals surface area contributed by atoms with E-state index in [0.29, 0.717) is 6.42 Å². The van der Waals surface area contributed by atoms with Crippen LogP contribution in [-0.2, 0) is 0 Å². The highest BCUT2D eigenvalue weighted by Crippen LogP contribution is 2.23. The summed E-state index contributed by atoms with van der Waals surface area (Å²) in [7, 11) is 0. The van der Waals surface area contributed by atoms with E-state index in [4.69, 9.17) is 5.26 Å². The molecule has 0 aromatic heterocycles. The molecule has 2 heteroatoms. The van der Waals surface area contributed by atoms with Crippen molar-refractivity contribution >= 4 is 0 Å². The molecule has 0 aromatic carbocycles. The molecule has 1 heterocycles. The average Bonchev–Trinajstić information content (AvgIpc) is 2.39. The summed E-state index contributed by atoms with van der Waals surface area (Å²) in [5, 5.41) is 8.47. The van der Waals surface area contributed by atoms with E-state index >= 15 is 0 Å². The molecule has 0 bridgehead atoms. The minimum Gasteiger partial charge on any atom is -0.288 e. The zero-order valence-corrected chi connectivity index (χ0v) is 11.3. The van der Waals surface area contributed by atoms with Crippen molar-refractivity contribution < 1.29 is 0 Å². The summed E-state index contributed by atoms with van der Waals surface area (Å²) in [5.74, 6) is 6.71. The van der Waals surface area contributed by atoms with Gasteiger partial charge in [-0.3, -0.25) is 4.90 Å².